The van der Waals surface area contributed by atoms with E-state index in [0.29, 0.717) is 18.5 Å². The summed E-state index contributed by atoms with van der Waals surface area (Å²) < 4.78 is 10.9. The van der Waals surface area contributed by atoms with Gasteiger partial charge in [-0.25, -0.2) is 4.79 Å². The van der Waals surface area contributed by atoms with Crippen molar-refractivity contribution in [2.24, 2.45) is 5.92 Å². The SMILES string of the molecule is COc1ccccc1C(C)N(C)C(=O)NCC(C(C)C)N1CCOCC1. The molecule has 146 valence electrons. The predicted molar refractivity (Wildman–Crippen MR) is 104 cm³/mol. The van der Waals surface area contributed by atoms with E-state index in [9.17, 15) is 4.79 Å². The summed E-state index contributed by atoms with van der Waals surface area (Å²) in [5, 5.41) is 3.11. The van der Waals surface area contributed by atoms with E-state index < -0.39 is 0 Å². The summed E-state index contributed by atoms with van der Waals surface area (Å²) in [6.45, 7) is 10.4. The third-order valence-electron chi connectivity index (χ3n) is 5.24. The molecule has 0 aromatic heterocycles. The largest absolute Gasteiger partial charge is 0.496 e. The zero-order valence-corrected chi connectivity index (χ0v) is 16.7. The number of carbonyl (C=O) groups excluding carboxylic acids is 1. The van der Waals surface area contributed by atoms with Gasteiger partial charge in [-0.1, -0.05) is 32.0 Å². The fourth-order valence-corrected chi connectivity index (χ4v) is 3.41. The second-order valence-corrected chi connectivity index (χ2v) is 7.17. The number of ether oxygens (including phenoxy) is 2. The first-order valence-corrected chi connectivity index (χ1v) is 9.41. The molecule has 1 aliphatic heterocycles. The van der Waals surface area contributed by atoms with Crippen molar-refractivity contribution >= 4 is 6.03 Å². The fraction of sp³-hybridized carbons (Fsp3) is 0.650. The van der Waals surface area contributed by atoms with Crippen molar-refractivity contribution in [2.75, 3.05) is 47.0 Å². The fourth-order valence-electron chi connectivity index (χ4n) is 3.41. The van der Waals surface area contributed by atoms with E-state index in [-0.39, 0.29) is 12.1 Å². The number of morpholine rings is 1. The van der Waals surface area contributed by atoms with E-state index in [1.54, 1.807) is 12.0 Å². The van der Waals surface area contributed by atoms with Gasteiger partial charge >= 0.3 is 6.03 Å². The van der Waals surface area contributed by atoms with Crippen LogP contribution in [-0.4, -0.2) is 68.9 Å². The summed E-state index contributed by atoms with van der Waals surface area (Å²) >= 11 is 0. The maximum absolute atomic E-state index is 12.7. The highest BCUT2D eigenvalue weighted by molar-refractivity contribution is 5.74. The number of benzene rings is 1. The van der Waals surface area contributed by atoms with Gasteiger partial charge in [0.25, 0.3) is 0 Å². The van der Waals surface area contributed by atoms with Crippen LogP contribution in [0.15, 0.2) is 24.3 Å². The number of hydrogen-bond donors (Lipinski definition) is 1. The van der Waals surface area contributed by atoms with E-state index in [4.69, 9.17) is 9.47 Å². The van der Waals surface area contributed by atoms with Crippen LogP contribution in [0.3, 0.4) is 0 Å². The summed E-state index contributed by atoms with van der Waals surface area (Å²) in [4.78, 5) is 16.8. The Morgan fingerprint density at radius 1 is 1.27 bits per heavy atom. The molecule has 0 bridgehead atoms. The molecule has 1 aromatic carbocycles. The lowest BCUT2D eigenvalue weighted by molar-refractivity contribution is 0.00692. The highest BCUT2D eigenvalue weighted by Crippen LogP contribution is 2.28. The van der Waals surface area contributed by atoms with Crippen LogP contribution in [0.1, 0.15) is 32.4 Å². The normalized spacial score (nSPS) is 17.6. The molecular formula is C20H33N3O3. The Hall–Kier alpha value is -1.79. The van der Waals surface area contributed by atoms with Gasteiger partial charge in [0.05, 0.1) is 26.4 Å². The minimum Gasteiger partial charge on any atom is -0.496 e. The second kappa shape index (κ2) is 9.78. The van der Waals surface area contributed by atoms with E-state index in [1.807, 2.05) is 38.2 Å². The Bertz CT molecular complexity index is 573. The van der Waals surface area contributed by atoms with Crippen LogP contribution >= 0.6 is 0 Å². The molecule has 2 rings (SSSR count). The van der Waals surface area contributed by atoms with Gasteiger partial charge in [0.2, 0.25) is 0 Å². The van der Waals surface area contributed by atoms with Crippen LogP contribution in [-0.2, 0) is 4.74 Å². The predicted octanol–water partition coefficient (Wildman–Crippen LogP) is 2.75. The van der Waals surface area contributed by atoms with Crippen LogP contribution < -0.4 is 10.1 Å². The van der Waals surface area contributed by atoms with Crippen molar-refractivity contribution in [2.45, 2.75) is 32.9 Å². The van der Waals surface area contributed by atoms with Gasteiger partial charge < -0.3 is 19.7 Å². The lowest BCUT2D eigenvalue weighted by Gasteiger charge is -2.37. The van der Waals surface area contributed by atoms with Gasteiger partial charge in [-0.05, 0) is 18.9 Å². The molecule has 1 N–H and O–H groups in total. The number of methoxy groups -OCH3 is 1. The molecule has 2 atom stereocenters. The molecule has 0 radical (unpaired) electrons. The molecule has 1 aliphatic rings. The number of amides is 2. The van der Waals surface area contributed by atoms with Gasteiger partial charge in [-0.3, -0.25) is 4.90 Å². The number of carbonyl (C=O) groups is 1. The first kappa shape index (κ1) is 20.5. The summed E-state index contributed by atoms with van der Waals surface area (Å²) in [6.07, 6.45) is 0. The number of nitrogens with zero attached hydrogens (tertiary/aromatic N) is 2. The van der Waals surface area contributed by atoms with Crippen molar-refractivity contribution in [3.05, 3.63) is 29.8 Å². The molecular weight excluding hydrogens is 330 g/mol. The maximum Gasteiger partial charge on any atom is 0.317 e. The summed E-state index contributed by atoms with van der Waals surface area (Å²) in [5.41, 5.74) is 1.00. The molecule has 1 aromatic rings. The Kier molecular flexibility index (Phi) is 7.72. The third-order valence-corrected chi connectivity index (χ3v) is 5.24. The average Bonchev–Trinajstić information content (AvgIpc) is 2.67. The number of urea groups is 1. The van der Waals surface area contributed by atoms with Gasteiger partial charge in [-0.2, -0.15) is 0 Å². The van der Waals surface area contributed by atoms with Crippen LogP contribution in [0.2, 0.25) is 0 Å². The first-order valence-electron chi connectivity index (χ1n) is 9.41. The zero-order chi connectivity index (χ0) is 19.1. The second-order valence-electron chi connectivity index (χ2n) is 7.17. The highest BCUT2D eigenvalue weighted by Gasteiger charge is 2.26. The molecule has 2 unspecified atom stereocenters. The highest BCUT2D eigenvalue weighted by atomic mass is 16.5. The van der Waals surface area contributed by atoms with Crippen LogP contribution in [0.5, 0.6) is 5.75 Å². The van der Waals surface area contributed by atoms with Crippen LogP contribution in [0.4, 0.5) is 4.79 Å². The lowest BCUT2D eigenvalue weighted by atomic mass is 10.0. The molecule has 6 nitrogen and oxygen atoms in total. The summed E-state index contributed by atoms with van der Waals surface area (Å²) in [7, 11) is 3.48. The Balaban J connectivity index is 1.96. The van der Waals surface area contributed by atoms with Crippen LogP contribution in [0.25, 0.3) is 0 Å². The maximum atomic E-state index is 12.7. The molecule has 1 fully saturated rings. The zero-order valence-electron chi connectivity index (χ0n) is 16.7. The van der Waals surface area contributed by atoms with Gasteiger partial charge in [0.1, 0.15) is 5.75 Å². The van der Waals surface area contributed by atoms with E-state index >= 15 is 0 Å². The van der Waals surface area contributed by atoms with Gasteiger partial charge in [0, 0.05) is 38.3 Å². The molecule has 1 saturated heterocycles. The molecule has 0 saturated carbocycles. The smallest absolute Gasteiger partial charge is 0.317 e. The Morgan fingerprint density at radius 3 is 2.54 bits per heavy atom. The minimum absolute atomic E-state index is 0.0673. The third kappa shape index (κ3) is 5.11. The van der Waals surface area contributed by atoms with Crippen molar-refractivity contribution in [1.82, 2.24) is 15.1 Å². The van der Waals surface area contributed by atoms with E-state index in [0.717, 1.165) is 37.6 Å². The molecule has 0 spiro atoms. The van der Waals surface area contributed by atoms with Gasteiger partial charge in [0.15, 0.2) is 0 Å². The first-order chi connectivity index (χ1) is 12.5. The monoisotopic (exact) mass is 363 g/mol. The number of nitrogens with one attached hydrogen (secondary N) is 1. The van der Waals surface area contributed by atoms with E-state index in [2.05, 4.69) is 24.1 Å². The number of hydrogen-bond acceptors (Lipinski definition) is 4. The summed E-state index contributed by atoms with van der Waals surface area (Å²) in [5.74, 6) is 1.26. The molecule has 1 heterocycles. The van der Waals surface area contributed by atoms with E-state index in [1.165, 1.54) is 0 Å². The van der Waals surface area contributed by atoms with Crippen molar-refractivity contribution in [1.29, 1.82) is 0 Å². The Labute approximate surface area is 157 Å². The summed E-state index contributed by atoms with van der Waals surface area (Å²) in [6, 6.07) is 7.99. The minimum atomic E-state index is -0.0768. The molecule has 6 heteroatoms. The van der Waals surface area contributed by atoms with Crippen molar-refractivity contribution in [3.8, 4) is 5.75 Å². The lowest BCUT2D eigenvalue weighted by Crippen LogP contribution is -2.52. The standard InChI is InChI=1S/C20H33N3O3/c1-15(2)18(23-10-12-26-13-11-23)14-21-20(24)22(4)16(3)17-8-6-7-9-19(17)25-5/h6-9,15-16,18H,10-14H2,1-5H3,(H,21,24). The molecule has 26 heavy (non-hydrogen) atoms. The van der Waals surface area contributed by atoms with Crippen molar-refractivity contribution in [3.63, 3.8) is 0 Å². The molecule has 0 aliphatic carbocycles. The topological polar surface area (TPSA) is 54.0 Å². The van der Waals surface area contributed by atoms with Crippen LogP contribution in [0, 0.1) is 5.92 Å². The number of para-hydroxylation sites is 1. The quantitative estimate of drug-likeness (QED) is 0.809. The number of rotatable bonds is 7. The Morgan fingerprint density at radius 2 is 1.92 bits per heavy atom. The molecule has 2 amide bonds. The average molecular weight is 364 g/mol. The van der Waals surface area contributed by atoms with Crippen molar-refractivity contribution < 1.29 is 14.3 Å². The van der Waals surface area contributed by atoms with Gasteiger partial charge in [-0.15, -0.1) is 0 Å².